The van der Waals surface area contributed by atoms with Crippen molar-refractivity contribution in [1.82, 2.24) is 0 Å². The van der Waals surface area contributed by atoms with Crippen molar-refractivity contribution in [1.29, 1.82) is 0 Å². The monoisotopic (exact) mass is 250 g/mol. The van der Waals surface area contributed by atoms with Crippen molar-refractivity contribution in [3.63, 3.8) is 0 Å². The predicted molar refractivity (Wildman–Crippen MR) is 74.9 cm³/mol. The molecule has 0 atom stereocenters. The highest BCUT2D eigenvalue weighted by atomic mass is 32.1. The van der Waals surface area contributed by atoms with Crippen LogP contribution in [0.25, 0.3) is 6.08 Å². The number of hydrogen-bond donors (Lipinski definition) is 0. The summed E-state index contributed by atoms with van der Waals surface area (Å²) in [5.41, 5.74) is 1.19. The fraction of sp³-hybridized carbons (Fsp3) is 0.357. The van der Waals surface area contributed by atoms with Crippen LogP contribution in [0.3, 0.4) is 0 Å². The van der Waals surface area contributed by atoms with Crippen LogP contribution >= 0.6 is 12.2 Å². The molecule has 0 N–H and O–H groups in total. The Hall–Kier alpha value is -1.35. The maximum atomic E-state index is 5.25. The Balaban J connectivity index is 2.16. The van der Waals surface area contributed by atoms with Gasteiger partial charge in [0.05, 0.1) is 12.7 Å². The first-order valence-electron chi connectivity index (χ1n) is 5.73. The molecule has 0 saturated carbocycles. The summed E-state index contributed by atoms with van der Waals surface area (Å²) in [6.07, 6.45) is 5.02. The fourth-order valence-corrected chi connectivity index (χ4v) is 1.50. The Labute approximate surface area is 108 Å². The number of ether oxygens (including phenoxy) is 2. The summed E-state index contributed by atoms with van der Waals surface area (Å²) in [7, 11) is 0. The van der Waals surface area contributed by atoms with Gasteiger partial charge in [-0.1, -0.05) is 42.5 Å². The van der Waals surface area contributed by atoms with Gasteiger partial charge in [-0.15, -0.1) is 0 Å². The topological polar surface area (TPSA) is 18.5 Å². The fourth-order valence-electron chi connectivity index (χ4n) is 1.22. The number of benzene rings is 1. The first-order valence-corrected chi connectivity index (χ1v) is 6.14. The molecule has 0 spiro atoms. The zero-order chi connectivity index (χ0) is 12.5. The molecule has 0 heterocycles. The third kappa shape index (κ3) is 6.74. The molecule has 92 valence electrons. The van der Waals surface area contributed by atoms with E-state index in [0.29, 0.717) is 6.61 Å². The molecule has 0 unspecified atom stereocenters. The molecule has 0 fully saturated rings. The van der Waals surface area contributed by atoms with Crippen LogP contribution < -0.4 is 0 Å². The van der Waals surface area contributed by atoms with E-state index in [0.717, 1.165) is 6.42 Å². The molecule has 1 aromatic rings. The van der Waals surface area contributed by atoms with E-state index >= 15 is 0 Å². The van der Waals surface area contributed by atoms with Crippen LogP contribution in [-0.2, 0) is 9.47 Å². The van der Waals surface area contributed by atoms with Gasteiger partial charge < -0.3 is 9.47 Å². The summed E-state index contributed by atoms with van der Waals surface area (Å²) in [6, 6.07) is 10.2. The van der Waals surface area contributed by atoms with Gasteiger partial charge >= 0.3 is 5.24 Å². The molecular weight excluding hydrogens is 232 g/mol. The van der Waals surface area contributed by atoms with Crippen LogP contribution in [0.15, 0.2) is 36.4 Å². The van der Waals surface area contributed by atoms with Gasteiger partial charge in [0.2, 0.25) is 0 Å². The summed E-state index contributed by atoms with van der Waals surface area (Å²) < 4.78 is 10.4. The van der Waals surface area contributed by atoms with E-state index in [1.54, 1.807) is 0 Å². The predicted octanol–water partition coefficient (Wildman–Crippen LogP) is 3.82. The highest BCUT2D eigenvalue weighted by Gasteiger charge is 1.99. The first-order chi connectivity index (χ1) is 8.18. The molecule has 3 heteroatoms. The molecule has 1 rings (SSSR count). The molecule has 17 heavy (non-hydrogen) atoms. The van der Waals surface area contributed by atoms with Crippen LogP contribution in [0.1, 0.15) is 25.8 Å². The van der Waals surface area contributed by atoms with Gasteiger partial charge in [-0.25, -0.2) is 0 Å². The quantitative estimate of drug-likeness (QED) is 0.584. The zero-order valence-electron chi connectivity index (χ0n) is 10.3. The van der Waals surface area contributed by atoms with Crippen molar-refractivity contribution in [2.75, 3.05) is 6.61 Å². The number of rotatable bonds is 5. The molecule has 1 aromatic carbocycles. The molecule has 0 aromatic heterocycles. The van der Waals surface area contributed by atoms with E-state index in [1.165, 1.54) is 5.56 Å². The average molecular weight is 250 g/mol. The molecule has 0 saturated heterocycles. The number of thiocarbonyl (C=S) groups is 1. The van der Waals surface area contributed by atoms with Crippen LogP contribution in [0.5, 0.6) is 0 Å². The van der Waals surface area contributed by atoms with E-state index in [4.69, 9.17) is 21.7 Å². The van der Waals surface area contributed by atoms with E-state index in [2.05, 4.69) is 24.3 Å². The third-order valence-electron chi connectivity index (χ3n) is 1.95. The van der Waals surface area contributed by atoms with Gasteiger partial charge in [-0.2, -0.15) is 0 Å². The Morgan fingerprint density at radius 3 is 2.65 bits per heavy atom. The molecule has 0 amide bonds. The number of hydrogen-bond acceptors (Lipinski definition) is 3. The highest BCUT2D eigenvalue weighted by Crippen LogP contribution is 2.02. The Morgan fingerprint density at radius 1 is 1.29 bits per heavy atom. The summed E-state index contributed by atoms with van der Waals surface area (Å²) in [4.78, 5) is 0. The van der Waals surface area contributed by atoms with Crippen LogP contribution in [0.2, 0.25) is 0 Å². The Kier molecular flexibility index (Phi) is 6.33. The summed E-state index contributed by atoms with van der Waals surface area (Å²) >= 11 is 4.90. The van der Waals surface area contributed by atoms with Gasteiger partial charge in [-0.05, 0) is 25.8 Å². The standard InChI is InChI=1S/C14H18O2S/c1-12(2)16-14(17)15-11-7-6-10-13-8-4-3-5-9-13/h3-6,8-10,12H,7,11H2,1-2H3/b10-6+. The second-order valence-corrected chi connectivity index (χ2v) is 4.20. The van der Waals surface area contributed by atoms with Gasteiger partial charge in [0, 0.05) is 12.2 Å². The molecule has 0 aliphatic heterocycles. The van der Waals surface area contributed by atoms with E-state index < -0.39 is 0 Å². The lowest BCUT2D eigenvalue weighted by atomic mass is 10.2. The summed E-state index contributed by atoms with van der Waals surface area (Å²) in [5, 5.41) is 0.230. The zero-order valence-corrected chi connectivity index (χ0v) is 11.1. The van der Waals surface area contributed by atoms with Crippen molar-refractivity contribution < 1.29 is 9.47 Å². The molecule has 0 radical (unpaired) electrons. The normalized spacial score (nSPS) is 10.8. The summed E-state index contributed by atoms with van der Waals surface area (Å²) in [5.74, 6) is 0. The van der Waals surface area contributed by atoms with Gasteiger partial charge in [0.25, 0.3) is 0 Å². The molecule has 0 bridgehead atoms. The van der Waals surface area contributed by atoms with Crippen molar-refractivity contribution in [3.05, 3.63) is 42.0 Å². The van der Waals surface area contributed by atoms with Gasteiger partial charge in [0.15, 0.2) is 0 Å². The van der Waals surface area contributed by atoms with Gasteiger partial charge in [-0.3, -0.25) is 0 Å². The molecular formula is C14H18O2S. The maximum absolute atomic E-state index is 5.25. The smallest absolute Gasteiger partial charge is 0.352 e. The average Bonchev–Trinajstić information content (AvgIpc) is 2.29. The Morgan fingerprint density at radius 2 is 2.00 bits per heavy atom. The largest absolute Gasteiger partial charge is 0.457 e. The van der Waals surface area contributed by atoms with Crippen molar-refractivity contribution in [2.24, 2.45) is 0 Å². The second kappa shape index (κ2) is 7.85. The lowest BCUT2D eigenvalue weighted by Gasteiger charge is -2.10. The lowest BCUT2D eigenvalue weighted by Crippen LogP contribution is -2.13. The third-order valence-corrected chi connectivity index (χ3v) is 2.16. The Bertz CT molecular complexity index is 358. The van der Waals surface area contributed by atoms with Crippen molar-refractivity contribution in [2.45, 2.75) is 26.4 Å². The molecule has 0 aliphatic rings. The van der Waals surface area contributed by atoms with E-state index in [9.17, 15) is 0 Å². The lowest BCUT2D eigenvalue weighted by molar-refractivity contribution is 0.141. The minimum absolute atomic E-state index is 0.0716. The van der Waals surface area contributed by atoms with Crippen LogP contribution in [0.4, 0.5) is 0 Å². The van der Waals surface area contributed by atoms with Crippen molar-refractivity contribution in [3.8, 4) is 0 Å². The highest BCUT2D eigenvalue weighted by molar-refractivity contribution is 7.79. The minimum Gasteiger partial charge on any atom is -0.457 e. The van der Waals surface area contributed by atoms with E-state index in [1.807, 2.05) is 32.0 Å². The summed E-state index contributed by atoms with van der Waals surface area (Å²) in [6.45, 7) is 4.39. The minimum atomic E-state index is 0.0716. The maximum Gasteiger partial charge on any atom is 0.352 e. The SMILES string of the molecule is CC(C)OC(=S)OCC/C=C/c1ccccc1. The molecule has 0 aliphatic carbocycles. The second-order valence-electron chi connectivity index (χ2n) is 3.87. The van der Waals surface area contributed by atoms with Crippen LogP contribution in [0, 0.1) is 0 Å². The van der Waals surface area contributed by atoms with E-state index in [-0.39, 0.29) is 11.3 Å². The van der Waals surface area contributed by atoms with Crippen LogP contribution in [-0.4, -0.2) is 17.9 Å². The van der Waals surface area contributed by atoms with Gasteiger partial charge in [0.1, 0.15) is 0 Å². The molecule has 2 nitrogen and oxygen atoms in total. The first kappa shape index (κ1) is 13.7. The van der Waals surface area contributed by atoms with Crippen molar-refractivity contribution >= 4 is 23.5 Å².